The number of rotatable bonds is 4. The van der Waals surface area contributed by atoms with Gasteiger partial charge in [0.05, 0.1) is 6.54 Å². The number of carbonyl (C=O) groups is 2. The second kappa shape index (κ2) is 5.97. The zero-order valence-corrected chi connectivity index (χ0v) is 16.2. The molecule has 0 bridgehead atoms. The first-order chi connectivity index (χ1) is 11.6. The van der Waals surface area contributed by atoms with Crippen molar-refractivity contribution in [3.05, 3.63) is 11.4 Å². The van der Waals surface area contributed by atoms with Crippen LogP contribution in [0.4, 0.5) is 10.7 Å². The Labute approximate surface area is 148 Å². The highest BCUT2D eigenvalue weighted by molar-refractivity contribution is 6.20. The van der Waals surface area contributed by atoms with Gasteiger partial charge in [0, 0.05) is 13.6 Å². The zero-order valence-electron chi connectivity index (χ0n) is 16.2. The van der Waals surface area contributed by atoms with Crippen LogP contribution in [-0.4, -0.2) is 45.7 Å². The van der Waals surface area contributed by atoms with Gasteiger partial charge in [-0.2, -0.15) is 0 Å². The summed E-state index contributed by atoms with van der Waals surface area (Å²) >= 11 is 0. The number of amides is 3. The van der Waals surface area contributed by atoms with Crippen molar-refractivity contribution in [3.8, 4) is 0 Å². The minimum atomic E-state index is -0.538. The maximum absolute atomic E-state index is 13.1. The minimum Gasteiger partial charge on any atom is -0.270 e. The molecule has 0 spiro atoms. The molecule has 0 aliphatic carbocycles. The first-order valence-corrected chi connectivity index (χ1v) is 8.94. The highest BCUT2D eigenvalue weighted by Gasteiger charge is 2.54. The van der Waals surface area contributed by atoms with Crippen LogP contribution < -0.4 is 4.57 Å². The third-order valence-electron chi connectivity index (χ3n) is 4.92. The first kappa shape index (κ1) is 17.6. The number of amidine groups is 1. The lowest BCUT2D eigenvalue weighted by Crippen LogP contribution is -2.58. The van der Waals surface area contributed by atoms with Crippen molar-refractivity contribution in [2.75, 3.05) is 13.6 Å². The van der Waals surface area contributed by atoms with Crippen molar-refractivity contribution in [2.45, 2.75) is 54.1 Å². The molecule has 3 rings (SSSR count). The number of carbonyl (C=O) groups excluding carboxylic acids is 2. The van der Waals surface area contributed by atoms with Gasteiger partial charge in [-0.3, -0.25) is 14.6 Å². The van der Waals surface area contributed by atoms with Crippen LogP contribution in [0, 0.1) is 25.7 Å². The number of imide groups is 1. The van der Waals surface area contributed by atoms with Gasteiger partial charge in [-0.1, -0.05) is 32.7 Å². The molecule has 1 saturated heterocycles. The van der Waals surface area contributed by atoms with Crippen LogP contribution in [0.2, 0.25) is 0 Å². The highest BCUT2D eigenvalue weighted by atomic mass is 16.2. The lowest BCUT2D eigenvalue weighted by atomic mass is 10.1. The smallest absolute Gasteiger partial charge is 0.270 e. The Hall–Kier alpha value is -2.18. The Morgan fingerprint density at radius 2 is 1.76 bits per heavy atom. The van der Waals surface area contributed by atoms with E-state index in [4.69, 9.17) is 4.99 Å². The molecule has 1 aromatic heterocycles. The van der Waals surface area contributed by atoms with E-state index in [1.807, 2.05) is 25.3 Å². The maximum Gasteiger partial charge on any atom is 0.402 e. The molecule has 1 atom stereocenters. The van der Waals surface area contributed by atoms with Gasteiger partial charge >= 0.3 is 12.0 Å². The van der Waals surface area contributed by atoms with Crippen molar-refractivity contribution in [3.63, 3.8) is 0 Å². The Morgan fingerprint density at radius 1 is 1.12 bits per heavy atom. The largest absolute Gasteiger partial charge is 0.402 e. The van der Waals surface area contributed by atoms with Crippen molar-refractivity contribution < 1.29 is 14.2 Å². The monoisotopic (exact) mass is 346 g/mol. The van der Waals surface area contributed by atoms with Gasteiger partial charge in [0.1, 0.15) is 11.4 Å². The predicted octanol–water partition coefficient (Wildman–Crippen LogP) is 2.18. The van der Waals surface area contributed by atoms with E-state index in [1.165, 1.54) is 9.80 Å². The molecule has 7 nitrogen and oxygen atoms in total. The predicted molar refractivity (Wildman–Crippen MR) is 94.8 cm³/mol. The molecule has 1 aromatic rings. The average Bonchev–Trinajstić information content (AvgIpc) is 3.01. The fourth-order valence-electron chi connectivity index (χ4n) is 3.62. The van der Waals surface area contributed by atoms with E-state index >= 15 is 0 Å². The van der Waals surface area contributed by atoms with Gasteiger partial charge in [0.25, 0.3) is 5.91 Å². The summed E-state index contributed by atoms with van der Waals surface area (Å²) in [4.78, 5) is 33.4. The van der Waals surface area contributed by atoms with Gasteiger partial charge in [0.2, 0.25) is 11.9 Å². The Morgan fingerprint density at radius 3 is 2.32 bits per heavy atom. The maximum atomic E-state index is 13.1. The third kappa shape index (κ3) is 2.56. The SMILES string of the molecule is Cc1c(C)[n+](CC(C)C)c2n1C1C(=O)N(CC(C)C)C(=O)N(C)C1=N2. The molecule has 2 aliphatic heterocycles. The molecule has 136 valence electrons. The standard InChI is InChI=1S/C18H28N5O2/c1-10(2)8-21-12(5)13(6)23-14-15(19-17(21)23)20(7)18(25)22(16(14)24)9-11(3)4/h10-11,14H,8-9H2,1-7H3/q+1. The van der Waals surface area contributed by atoms with Crippen LogP contribution in [0.5, 0.6) is 0 Å². The van der Waals surface area contributed by atoms with Crippen LogP contribution in [0.15, 0.2) is 4.99 Å². The van der Waals surface area contributed by atoms with Gasteiger partial charge in [-0.25, -0.2) is 13.9 Å². The molecule has 0 radical (unpaired) electrons. The summed E-state index contributed by atoms with van der Waals surface area (Å²) in [6, 6.07) is -0.826. The second-order valence-electron chi connectivity index (χ2n) is 7.90. The Balaban J connectivity index is 2.11. The van der Waals surface area contributed by atoms with Crippen molar-refractivity contribution in [1.82, 2.24) is 14.4 Å². The summed E-state index contributed by atoms with van der Waals surface area (Å²) in [5, 5.41) is 0. The zero-order chi connectivity index (χ0) is 18.6. The number of hydrogen-bond acceptors (Lipinski definition) is 3. The van der Waals surface area contributed by atoms with E-state index in [-0.39, 0.29) is 17.9 Å². The van der Waals surface area contributed by atoms with Crippen LogP contribution in [-0.2, 0) is 11.3 Å². The fourth-order valence-corrected chi connectivity index (χ4v) is 3.62. The van der Waals surface area contributed by atoms with E-state index in [0.717, 1.165) is 23.9 Å². The van der Waals surface area contributed by atoms with Gasteiger partial charge in [-0.15, -0.1) is 0 Å². The van der Waals surface area contributed by atoms with Gasteiger partial charge in [-0.05, 0) is 25.7 Å². The fraction of sp³-hybridized carbons (Fsp3) is 0.667. The van der Waals surface area contributed by atoms with Crippen LogP contribution in [0.1, 0.15) is 45.1 Å². The number of aliphatic imine (C=N–C) groups is 1. The lowest BCUT2D eigenvalue weighted by Gasteiger charge is -2.34. The van der Waals surface area contributed by atoms with Crippen molar-refractivity contribution in [1.29, 1.82) is 0 Å². The summed E-state index contributed by atoms with van der Waals surface area (Å²) in [6.07, 6.45) is 0. The van der Waals surface area contributed by atoms with Crippen molar-refractivity contribution in [2.24, 2.45) is 16.8 Å². The summed E-state index contributed by atoms with van der Waals surface area (Å²) in [6.45, 7) is 13.7. The summed E-state index contributed by atoms with van der Waals surface area (Å²) < 4.78 is 4.15. The average molecular weight is 346 g/mol. The summed E-state index contributed by atoms with van der Waals surface area (Å²) in [5.74, 6) is 1.81. The number of urea groups is 1. The van der Waals surface area contributed by atoms with E-state index in [0.29, 0.717) is 18.3 Å². The number of aromatic nitrogens is 2. The molecule has 1 unspecified atom stereocenters. The number of imidazole rings is 1. The molecular weight excluding hydrogens is 318 g/mol. The number of nitrogens with zero attached hydrogens (tertiary/aromatic N) is 5. The van der Waals surface area contributed by atoms with Crippen LogP contribution in [0.25, 0.3) is 0 Å². The number of hydrogen-bond donors (Lipinski definition) is 0. The highest BCUT2D eigenvalue weighted by Crippen LogP contribution is 2.35. The lowest BCUT2D eigenvalue weighted by molar-refractivity contribution is -0.694. The van der Waals surface area contributed by atoms with E-state index in [2.05, 4.69) is 25.3 Å². The molecule has 0 aromatic carbocycles. The second-order valence-corrected chi connectivity index (χ2v) is 7.90. The van der Waals surface area contributed by atoms with Gasteiger partial charge < -0.3 is 0 Å². The molecule has 3 amide bonds. The number of likely N-dealkylation sites (N-methyl/N-ethyl adjacent to an activating group) is 1. The molecule has 7 heteroatoms. The van der Waals surface area contributed by atoms with E-state index in [9.17, 15) is 9.59 Å². The summed E-state index contributed by atoms with van der Waals surface area (Å²) in [7, 11) is 1.70. The van der Waals surface area contributed by atoms with Crippen LogP contribution >= 0.6 is 0 Å². The van der Waals surface area contributed by atoms with Gasteiger partial charge in [0.15, 0.2) is 0 Å². The molecule has 3 heterocycles. The molecular formula is C18H28N5O2+. The molecule has 1 fully saturated rings. The van der Waals surface area contributed by atoms with E-state index < -0.39 is 6.04 Å². The summed E-state index contributed by atoms with van der Waals surface area (Å²) in [5.41, 5.74) is 2.15. The third-order valence-corrected chi connectivity index (χ3v) is 4.92. The van der Waals surface area contributed by atoms with Crippen LogP contribution in [0.3, 0.4) is 0 Å². The topological polar surface area (TPSA) is 61.8 Å². The normalized spacial score (nSPS) is 19.9. The van der Waals surface area contributed by atoms with E-state index in [1.54, 1.807) is 7.05 Å². The minimum absolute atomic E-state index is 0.177. The number of fused-ring (bicyclic) bond motifs is 3. The quantitative estimate of drug-likeness (QED) is 0.785. The molecule has 0 saturated carbocycles. The van der Waals surface area contributed by atoms with Crippen molar-refractivity contribution >= 4 is 23.7 Å². The first-order valence-electron chi connectivity index (χ1n) is 8.94. The Bertz CT molecular complexity index is 775. The molecule has 25 heavy (non-hydrogen) atoms. The Kier molecular flexibility index (Phi) is 4.21. The molecule has 0 N–H and O–H groups in total. The molecule has 2 aliphatic rings.